The minimum Gasteiger partial charge on any atom is -0.370 e. The third kappa shape index (κ3) is 1.18. The van der Waals surface area contributed by atoms with Crippen LogP contribution in [-0.2, 0) is 9.47 Å². The lowest BCUT2D eigenvalue weighted by Gasteiger charge is -1.91. The van der Waals surface area contributed by atoms with E-state index in [1.165, 1.54) is 32.1 Å². The van der Waals surface area contributed by atoms with Crippen LogP contribution in [0.4, 0.5) is 0 Å². The smallest absolute Gasteiger partial charge is 0.0842 e. The zero-order valence-electron chi connectivity index (χ0n) is 6.66. The Morgan fingerprint density at radius 3 is 1.64 bits per heavy atom. The summed E-state index contributed by atoms with van der Waals surface area (Å²) in [5, 5.41) is 0. The van der Waals surface area contributed by atoms with Crippen LogP contribution in [0.15, 0.2) is 0 Å². The Balaban J connectivity index is 1.62. The number of rotatable bonds is 0. The van der Waals surface area contributed by atoms with E-state index in [1.54, 1.807) is 0 Å². The van der Waals surface area contributed by atoms with Crippen molar-refractivity contribution < 1.29 is 9.47 Å². The summed E-state index contributed by atoms with van der Waals surface area (Å²) in [5.41, 5.74) is 0. The second-order valence-corrected chi connectivity index (χ2v) is 3.93. The quantitative estimate of drug-likeness (QED) is 0.494. The summed E-state index contributed by atoms with van der Waals surface area (Å²) >= 11 is 0. The highest BCUT2D eigenvalue weighted by Gasteiger charge is 2.45. The molecule has 3 rings (SSSR count). The molecule has 3 fully saturated rings. The maximum Gasteiger partial charge on any atom is 0.0842 e. The molecule has 4 atom stereocenters. The number of hydrogen-bond donors (Lipinski definition) is 0. The highest BCUT2D eigenvalue weighted by Crippen LogP contribution is 2.39. The second kappa shape index (κ2) is 2.20. The maximum atomic E-state index is 5.50. The van der Waals surface area contributed by atoms with Gasteiger partial charge in [0.1, 0.15) is 0 Å². The van der Waals surface area contributed by atoms with Crippen LogP contribution in [-0.4, -0.2) is 24.4 Å². The maximum absolute atomic E-state index is 5.50. The number of ether oxygens (including phenoxy) is 2. The molecule has 11 heavy (non-hydrogen) atoms. The van der Waals surface area contributed by atoms with Gasteiger partial charge in [0, 0.05) is 0 Å². The van der Waals surface area contributed by atoms with Crippen LogP contribution in [0.2, 0.25) is 0 Å². The first-order valence-electron chi connectivity index (χ1n) is 4.74. The van der Waals surface area contributed by atoms with Crippen molar-refractivity contribution in [3.8, 4) is 0 Å². The van der Waals surface area contributed by atoms with Gasteiger partial charge in [0.25, 0.3) is 0 Å². The molecule has 2 saturated heterocycles. The predicted molar refractivity (Wildman–Crippen MR) is 40.4 cm³/mol. The Morgan fingerprint density at radius 1 is 0.636 bits per heavy atom. The third-order valence-electron chi connectivity index (χ3n) is 3.09. The number of hydrogen-bond acceptors (Lipinski definition) is 2. The molecule has 0 unspecified atom stereocenters. The van der Waals surface area contributed by atoms with E-state index in [9.17, 15) is 0 Å². The molecular formula is C9H14O2. The van der Waals surface area contributed by atoms with E-state index >= 15 is 0 Å². The van der Waals surface area contributed by atoms with Gasteiger partial charge in [-0.15, -0.1) is 0 Å². The average Bonchev–Trinajstić information content (AvgIpc) is 2.85. The minimum atomic E-state index is 0.609. The zero-order valence-corrected chi connectivity index (χ0v) is 6.66. The Bertz CT molecular complexity index is 151. The van der Waals surface area contributed by atoms with Crippen LogP contribution in [0.1, 0.15) is 32.1 Å². The fraction of sp³-hybridized carbons (Fsp3) is 1.00. The van der Waals surface area contributed by atoms with E-state index in [-0.39, 0.29) is 0 Å². The molecular weight excluding hydrogens is 140 g/mol. The van der Waals surface area contributed by atoms with Crippen molar-refractivity contribution in [3.05, 3.63) is 0 Å². The summed E-state index contributed by atoms with van der Waals surface area (Å²) in [4.78, 5) is 0. The van der Waals surface area contributed by atoms with Crippen LogP contribution >= 0.6 is 0 Å². The van der Waals surface area contributed by atoms with Gasteiger partial charge >= 0.3 is 0 Å². The summed E-state index contributed by atoms with van der Waals surface area (Å²) in [7, 11) is 0. The Labute approximate surface area is 66.9 Å². The number of epoxide rings is 2. The first kappa shape index (κ1) is 6.44. The third-order valence-corrected chi connectivity index (χ3v) is 3.09. The molecule has 2 heterocycles. The Morgan fingerprint density at radius 2 is 1.09 bits per heavy atom. The van der Waals surface area contributed by atoms with Gasteiger partial charge in [-0.05, 0) is 32.1 Å². The molecule has 2 nitrogen and oxygen atoms in total. The lowest BCUT2D eigenvalue weighted by atomic mass is 10.1. The summed E-state index contributed by atoms with van der Waals surface area (Å²) in [6.07, 6.45) is 8.82. The lowest BCUT2D eigenvalue weighted by molar-refractivity contribution is 0.339. The molecule has 0 aromatic carbocycles. The molecule has 3 aliphatic rings. The zero-order chi connectivity index (χ0) is 7.26. The lowest BCUT2D eigenvalue weighted by Crippen LogP contribution is -1.95. The fourth-order valence-electron chi connectivity index (χ4n) is 2.22. The topological polar surface area (TPSA) is 25.1 Å². The molecule has 0 N–H and O–H groups in total. The van der Waals surface area contributed by atoms with Gasteiger partial charge in [-0.2, -0.15) is 0 Å². The van der Waals surface area contributed by atoms with Gasteiger partial charge < -0.3 is 9.47 Å². The van der Waals surface area contributed by atoms with E-state index in [0.29, 0.717) is 24.4 Å². The van der Waals surface area contributed by atoms with Gasteiger partial charge in [-0.3, -0.25) is 0 Å². The molecule has 2 aliphatic heterocycles. The van der Waals surface area contributed by atoms with Crippen LogP contribution < -0.4 is 0 Å². The van der Waals surface area contributed by atoms with Crippen molar-refractivity contribution >= 4 is 0 Å². The van der Waals surface area contributed by atoms with E-state index in [4.69, 9.17) is 9.47 Å². The summed E-state index contributed by atoms with van der Waals surface area (Å²) < 4.78 is 11.0. The summed E-state index contributed by atoms with van der Waals surface area (Å²) in [5.74, 6) is 0. The van der Waals surface area contributed by atoms with Gasteiger partial charge in [0.2, 0.25) is 0 Å². The van der Waals surface area contributed by atoms with Gasteiger partial charge in [-0.25, -0.2) is 0 Å². The van der Waals surface area contributed by atoms with Crippen LogP contribution in [0.5, 0.6) is 0 Å². The highest BCUT2D eigenvalue weighted by atomic mass is 16.6. The van der Waals surface area contributed by atoms with Gasteiger partial charge in [0.05, 0.1) is 24.4 Å². The molecule has 1 saturated carbocycles. The van der Waals surface area contributed by atoms with Crippen molar-refractivity contribution in [1.82, 2.24) is 0 Å². The first-order chi connectivity index (χ1) is 5.43. The molecule has 0 bridgehead atoms. The van der Waals surface area contributed by atoms with Crippen molar-refractivity contribution in [2.45, 2.75) is 56.5 Å². The minimum absolute atomic E-state index is 0.609. The molecule has 0 spiro atoms. The van der Waals surface area contributed by atoms with Crippen LogP contribution in [0, 0.1) is 0 Å². The second-order valence-electron chi connectivity index (χ2n) is 3.93. The molecule has 0 aromatic heterocycles. The van der Waals surface area contributed by atoms with E-state index < -0.39 is 0 Å². The Hall–Kier alpha value is -0.0800. The largest absolute Gasteiger partial charge is 0.370 e. The van der Waals surface area contributed by atoms with Crippen molar-refractivity contribution in [2.75, 3.05) is 0 Å². The SMILES string of the molecule is C1C[C@@H]2O[C@H]2CC[C@H]2O[C@H]2C1. The monoisotopic (exact) mass is 154 g/mol. The summed E-state index contributed by atoms with van der Waals surface area (Å²) in [6, 6.07) is 0. The van der Waals surface area contributed by atoms with E-state index in [2.05, 4.69) is 0 Å². The summed E-state index contributed by atoms with van der Waals surface area (Å²) in [6.45, 7) is 0. The molecule has 0 amide bonds. The molecule has 0 aromatic rings. The molecule has 2 heteroatoms. The van der Waals surface area contributed by atoms with E-state index in [0.717, 1.165) is 0 Å². The van der Waals surface area contributed by atoms with E-state index in [1.807, 2.05) is 0 Å². The standard InChI is InChI=1S/C9H14O2/c1-2-6-8(10-6)4-5-9-7(3-1)11-9/h6-9H,1-5H2/t6-,7-,8-,9+/m0/s1. The van der Waals surface area contributed by atoms with Crippen LogP contribution in [0.25, 0.3) is 0 Å². The van der Waals surface area contributed by atoms with Gasteiger partial charge in [-0.1, -0.05) is 0 Å². The van der Waals surface area contributed by atoms with Crippen molar-refractivity contribution in [2.24, 2.45) is 0 Å². The van der Waals surface area contributed by atoms with Crippen molar-refractivity contribution in [1.29, 1.82) is 0 Å². The Kier molecular flexibility index (Phi) is 1.29. The highest BCUT2D eigenvalue weighted by molar-refractivity contribution is 4.93. The molecule has 1 aliphatic carbocycles. The van der Waals surface area contributed by atoms with Crippen molar-refractivity contribution in [3.63, 3.8) is 0 Å². The normalized spacial score (nSPS) is 54.5. The van der Waals surface area contributed by atoms with Crippen LogP contribution in [0.3, 0.4) is 0 Å². The van der Waals surface area contributed by atoms with Gasteiger partial charge in [0.15, 0.2) is 0 Å². The number of fused-ring (bicyclic) bond motifs is 2. The average molecular weight is 154 g/mol. The predicted octanol–water partition coefficient (Wildman–Crippen LogP) is 1.49. The fourth-order valence-corrected chi connectivity index (χ4v) is 2.22. The molecule has 0 radical (unpaired) electrons. The molecule has 62 valence electrons. The first-order valence-corrected chi connectivity index (χ1v) is 4.74.